The summed E-state index contributed by atoms with van der Waals surface area (Å²) in [5.74, 6) is -0.575. The molecule has 6 nitrogen and oxygen atoms in total. The molecule has 0 atom stereocenters. The molecule has 4 rings (SSSR count). The standard InChI is InChI=1S/C19H25N3O3/c1-25-15-7-5-13(6-8-15)21-10-14(11-21)22-9-12-3-2-4-16(18(20)23)17(12)19(22)24/h2-4,13-15H,5-11H2,1H3,(H2,20,23). The van der Waals surface area contributed by atoms with Gasteiger partial charge < -0.3 is 15.4 Å². The number of methoxy groups -OCH3 is 1. The van der Waals surface area contributed by atoms with Gasteiger partial charge in [0.2, 0.25) is 5.91 Å². The van der Waals surface area contributed by atoms with Crippen LogP contribution in [0.1, 0.15) is 52.0 Å². The fraction of sp³-hybridized carbons (Fsp3) is 0.579. The Labute approximate surface area is 147 Å². The van der Waals surface area contributed by atoms with Gasteiger partial charge in [0.25, 0.3) is 5.91 Å². The van der Waals surface area contributed by atoms with Gasteiger partial charge in [0.15, 0.2) is 0 Å². The van der Waals surface area contributed by atoms with Crippen molar-refractivity contribution in [2.75, 3.05) is 20.2 Å². The number of primary amides is 1. The maximum atomic E-state index is 12.8. The van der Waals surface area contributed by atoms with Gasteiger partial charge in [0.1, 0.15) is 0 Å². The van der Waals surface area contributed by atoms with Gasteiger partial charge in [0, 0.05) is 32.8 Å². The summed E-state index contributed by atoms with van der Waals surface area (Å²) in [7, 11) is 1.79. The summed E-state index contributed by atoms with van der Waals surface area (Å²) in [6.45, 7) is 2.44. The molecule has 2 heterocycles. The van der Waals surface area contributed by atoms with Crippen molar-refractivity contribution < 1.29 is 14.3 Å². The largest absolute Gasteiger partial charge is 0.381 e. The number of likely N-dealkylation sites (tertiary alicyclic amines) is 1. The van der Waals surface area contributed by atoms with Crippen LogP contribution >= 0.6 is 0 Å². The van der Waals surface area contributed by atoms with Gasteiger partial charge >= 0.3 is 0 Å². The van der Waals surface area contributed by atoms with Crippen molar-refractivity contribution >= 4 is 11.8 Å². The lowest BCUT2D eigenvalue weighted by atomic mass is 9.89. The molecule has 25 heavy (non-hydrogen) atoms. The highest BCUT2D eigenvalue weighted by atomic mass is 16.5. The molecular formula is C19H25N3O3. The zero-order valence-corrected chi connectivity index (χ0v) is 14.6. The Morgan fingerprint density at radius 2 is 1.88 bits per heavy atom. The molecule has 0 unspecified atom stereocenters. The Kier molecular flexibility index (Phi) is 4.25. The first-order valence-corrected chi connectivity index (χ1v) is 9.08. The molecule has 2 N–H and O–H groups in total. The molecular weight excluding hydrogens is 318 g/mol. The van der Waals surface area contributed by atoms with Gasteiger partial charge in [0.05, 0.1) is 23.3 Å². The molecule has 134 valence electrons. The van der Waals surface area contributed by atoms with E-state index in [1.54, 1.807) is 19.2 Å². The van der Waals surface area contributed by atoms with Gasteiger partial charge in [-0.3, -0.25) is 14.5 Å². The summed E-state index contributed by atoms with van der Waals surface area (Å²) in [6.07, 6.45) is 5.00. The molecule has 0 aromatic heterocycles. The Bertz CT molecular complexity index is 691. The normalized spacial score (nSPS) is 27.2. The average molecular weight is 343 g/mol. The van der Waals surface area contributed by atoms with Crippen LogP contribution in [0.25, 0.3) is 0 Å². The molecule has 1 saturated carbocycles. The minimum atomic E-state index is -0.530. The van der Waals surface area contributed by atoms with Crippen LogP contribution in [0.5, 0.6) is 0 Å². The molecule has 1 aromatic rings. The van der Waals surface area contributed by atoms with Crippen LogP contribution in [0.4, 0.5) is 0 Å². The second kappa shape index (κ2) is 6.42. The SMILES string of the molecule is COC1CCC(N2CC(N3Cc4cccc(C(N)=O)c4C3=O)C2)CC1. The molecule has 0 bridgehead atoms. The highest BCUT2D eigenvalue weighted by molar-refractivity contribution is 6.09. The van der Waals surface area contributed by atoms with E-state index in [1.165, 1.54) is 12.8 Å². The van der Waals surface area contributed by atoms with Crippen molar-refractivity contribution in [2.45, 2.75) is 50.4 Å². The number of benzene rings is 1. The molecule has 2 amide bonds. The van der Waals surface area contributed by atoms with E-state index in [0.717, 1.165) is 31.5 Å². The van der Waals surface area contributed by atoms with E-state index >= 15 is 0 Å². The maximum absolute atomic E-state index is 12.8. The number of nitrogens with zero attached hydrogens (tertiary/aromatic N) is 2. The lowest BCUT2D eigenvalue weighted by Crippen LogP contribution is -2.62. The third kappa shape index (κ3) is 2.83. The van der Waals surface area contributed by atoms with Gasteiger partial charge in [-0.15, -0.1) is 0 Å². The van der Waals surface area contributed by atoms with Crippen LogP contribution in [0.3, 0.4) is 0 Å². The third-order valence-electron chi connectivity index (χ3n) is 6.06. The predicted octanol–water partition coefficient (Wildman–Crippen LogP) is 1.38. The van der Waals surface area contributed by atoms with Crippen molar-refractivity contribution in [1.82, 2.24) is 9.80 Å². The van der Waals surface area contributed by atoms with Crippen molar-refractivity contribution in [3.63, 3.8) is 0 Å². The number of rotatable bonds is 4. The smallest absolute Gasteiger partial charge is 0.255 e. The van der Waals surface area contributed by atoms with Crippen LogP contribution in [-0.2, 0) is 11.3 Å². The molecule has 2 aliphatic heterocycles. The molecule has 0 spiro atoms. The first-order valence-electron chi connectivity index (χ1n) is 9.08. The average Bonchev–Trinajstić information content (AvgIpc) is 2.91. The minimum absolute atomic E-state index is 0.0443. The monoisotopic (exact) mass is 343 g/mol. The number of fused-ring (bicyclic) bond motifs is 1. The van der Waals surface area contributed by atoms with E-state index in [-0.39, 0.29) is 11.9 Å². The van der Waals surface area contributed by atoms with Gasteiger partial charge in [-0.1, -0.05) is 12.1 Å². The van der Waals surface area contributed by atoms with E-state index in [2.05, 4.69) is 4.90 Å². The lowest BCUT2D eigenvalue weighted by molar-refractivity contribution is -0.0200. The van der Waals surface area contributed by atoms with Gasteiger partial charge in [-0.25, -0.2) is 0 Å². The van der Waals surface area contributed by atoms with Crippen molar-refractivity contribution in [2.24, 2.45) is 5.73 Å². The van der Waals surface area contributed by atoms with Crippen LogP contribution in [0, 0.1) is 0 Å². The highest BCUT2D eigenvalue weighted by Gasteiger charge is 2.42. The number of amides is 2. The van der Waals surface area contributed by atoms with Crippen LogP contribution in [0.15, 0.2) is 18.2 Å². The van der Waals surface area contributed by atoms with Gasteiger partial charge in [-0.05, 0) is 37.3 Å². The number of nitrogens with two attached hydrogens (primary N) is 1. The quantitative estimate of drug-likeness (QED) is 0.896. The number of hydrogen-bond donors (Lipinski definition) is 1. The summed E-state index contributed by atoms with van der Waals surface area (Å²) in [5.41, 5.74) is 7.20. The van der Waals surface area contributed by atoms with E-state index in [0.29, 0.717) is 29.8 Å². The Balaban J connectivity index is 1.39. The lowest BCUT2D eigenvalue weighted by Gasteiger charge is -2.49. The second-order valence-electron chi connectivity index (χ2n) is 7.41. The van der Waals surface area contributed by atoms with E-state index in [1.807, 2.05) is 11.0 Å². The molecule has 1 aliphatic carbocycles. The topological polar surface area (TPSA) is 75.9 Å². The first-order chi connectivity index (χ1) is 12.1. The number of carbonyl (C=O) groups is 2. The molecule has 1 saturated heterocycles. The zero-order chi connectivity index (χ0) is 17.6. The number of carbonyl (C=O) groups excluding carboxylic acids is 2. The summed E-state index contributed by atoms with van der Waals surface area (Å²) >= 11 is 0. The Morgan fingerprint density at radius 1 is 1.16 bits per heavy atom. The fourth-order valence-corrected chi connectivity index (χ4v) is 4.51. The van der Waals surface area contributed by atoms with Crippen LogP contribution in [0.2, 0.25) is 0 Å². The Hall–Kier alpha value is -1.92. The fourth-order valence-electron chi connectivity index (χ4n) is 4.51. The summed E-state index contributed by atoms with van der Waals surface area (Å²) in [6, 6.07) is 6.22. The van der Waals surface area contributed by atoms with Crippen molar-refractivity contribution in [3.05, 3.63) is 34.9 Å². The molecule has 3 aliphatic rings. The molecule has 0 radical (unpaired) electrons. The Morgan fingerprint density at radius 3 is 2.52 bits per heavy atom. The van der Waals surface area contributed by atoms with Gasteiger partial charge in [-0.2, -0.15) is 0 Å². The van der Waals surface area contributed by atoms with Crippen LogP contribution < -0.4 is 5.73 Å². The first kappa shape index (κ1) is 16.5. The second-order valence-corrected chi connectivity index (χ2v) is 7.41. The molecule has 2 fully saturated rings. The summed E-state index contributed by atoms with van der Waals surface area (Å²) < 4.78 is 5.44. The van der Waals surface area contributed by atoms with E-state index in [4.69, 9.17) is 10.5 Å². The third-order valence-corrected chi connectivity index (χ3v) is 6.06. The molecule has 1 aromatic carbocycles. The van der Waals surface area contributed by atoms with Crippen molar-refractivity contribution in [3.8, 4) is 0 Å². The zero-order valence-electron chi connectivity index (χ0n) is 14.6. The molecule has 6 heteroatoms. The maximum Gasteiger partial charge on any atom is 0.255 e. The van der Waals surface area contributed by atoms with E-state index in [9.17, 15) is 9.59 Å². The minimum Gasteiger partial charge on any atom is -0.381 e. The summed E-state index contributed by atoms with van der Waals surface area (Å²) in [5, 5.41) is 0. The van der Waals surface area contributed by atoms with E-state index < -0.39 is 5.91 Å². The van der Waals surface area contributed by atoms with Crippen LogP contribution in [-0.4, -0.2) is 60.0 Å². The van der Waals surface area contributed by atoms with Crippen molar-refractivity contribution in [1.29, 1.82) is 0 Å². The summed E-state index contributed by atoms with van der Waals surface area (Å²) in [4.78, 5) is 28.8. The highest BCUT2D eigenvalue weighted by Crippen LogP contribution is 2.33. The predicted molar refractivity (Wildman–Crippen MR) is 93.2 cm³/mol. The number of hydrogen-bond acceptors (Lipinski definition) is 4. The number of ether oxygens (including phenoxy) is 1.